The number of hydrogen-bond donors (Lipinski definition) is 1. The molecule has 3 rings (SSSR count). The Labute approximate surface area is 159 Å². The van der Waals surface area contributed by atoms with Gasteiger partial charge in [0.1, 0.15) is 5.69 Å². The number of aryl methyl sites for hydroxylation is 3. The molecule has 0 spiro atoms. The zero-order valence-electron chi connectivity index (χ0n) is 15.8. The van der Waals surface area contributed by atoms with E-state index in [-0.39, 0.29) is 5.91 Å². The van der Waals surface area contributed by atoms with Gasteiger partial charge in [0.25, 0.3) is 5.91 Å². The van der Waals surface area contributed by atoms with Crippen LogP contribution in [0.2, 0.25) is 5.02 Å². The van der Waals surface area contributed by atoms with Crippen LogP contribution in [0.4, 0.5) is 11.6 Å². The number of anilines is 2. The van der Waals surface area contributed by atoms with Crippen molar-refractivity contribution in [1.29, 1.82) is 0 Å². The summed E-state index contributed by atoms with van der Waals surface area (Å²) < 4.78 is 0. The van der Waals surface area contributed by atoms with Crippen LogP contribution in [0.15, 0.2) is 18.2 Å². The summed E-state index contributed by atoms with van der Waals surface area (Å²) in [7, 11) is 0. The molecule has 26 heavy (non-hydrogen) atoms. The number of amides is 1. The standard InChI is InChI=1S/C20H25ClN4O/c1-12-6-5-7-25(11-12)19(26)17-10-15(4)22-20(23-17)24-18-14(3)8-13(2)9-16(18)21/h8-10,12H,5-7,11H2,1-4H3,(H,22,23,24). The molecule has 1 saturated heterocycles. The lowest BCUT2D eigenvalue weighted by Gasteiger charge is -2.30. The Balaban J connectivity index is 1.87. The first kappa shape index (κ1) is 18.6. The highest BCUT2D eigenvalue weighted by Gasteiger charge is 2.23. The fourth-order valence-electron chi connectivity index (χ4n) is 3.46. The number of rotatable bonds is 3. The van der Waals surface area contributed by atoms with Gasteiger partial charge in [-0.2, -0.15) is 0 Å². The quantitative estimate of drug-likeness (QED) is 0.850. The molecule has 2 heterocycles. The Morgan fingerprint density at radius 1 is 1.23 bits per heavy atom. The molecule has 1 N–H and O–H groups in total. The number of carbonyl (C=O) groups excluding carboxylic acids is 1. The van der Waals surface area contributed by atoms with Crippen molar-refractivity contribution in [3.63, 3.8) is 0 Å². The Morgan fingerprint density at radius 2 is 2.00 bits per heavy atom. The Hall–Kier alpha value is -2.14. The highest BCUT2D eigenvalue weighted by molar-refractivity contribution is 6.33. The lowest BCUT2D eigenvalue weighted by atomic mass is 10.00. The van der Waals surface area contributed by atoms with Crippen molar-refractivity contribution in [1.82, 2.24) is 14.9 Å². The molecule has 138 valence electrons. The second-order valence-electron chi connectivity index (χ2n) is 7.28. The zero-order valence-corrected chi connectivity index (χ0v) is 16.5. The molecule has 1 aromatic carbocycles. The number of likely N-dealkylation sites (tertiary alicyclic amines) is 1. The van der Waals surface area contributed by atoms with Gasteiger partial charge in [0, 0.05) is 18.8 Å². The molecule has 1 unspecified atom stereocenters. The Morgan fingerprint density at radius 3 is 2.69 bits per heavy atom. The van der Waals surface area contributed by atoms with Gasteiger partial charge in [-0.15, -0.1) is 0 Å². The van der Waals surface area contributed by atoms with E-state index in [2.05, 4.69) is 22.2 Å². The number of benzene rings is 1. The molecule has 0 radical (unpaired) electrons. The summed E-state index contributed by atoms with van der Waals surface area (Å²) in [6.07, 6.45) is 2.21. The van der Waals surface area contributed by atoms with Crippen molar-refractivity contribution < 1.29 is 4.79 Å². The van der Waals surface area contributed by atoms with E-state index >= 15 is 0 Å². The van der Waals surface area contributed by atoms with E-state index in [9.17, 15) is 4.79 Å². The van der Waals surface area contributed by atoms with Gasteiger partial charge in [0.15, 0.2) is 0 Å². The highest BCUT2D eigenvalue weighted by atomic mass is 35.5. The van der Waals surface area contributed by atoms with Crippen LogP contribution in [0, 0.1) is 26.7 Å². The largest absolute Gasteiger partial charge is 0.337 e. The van der Waals surface area contributed by atoms with Gasteiger partial charge in [0.05, 0.1) is 10.7 Å². The molecule has 1 aliphatic heterocycles. The molecule has 1 aromatic heterocycles. The van der Waals surface area contributed by atoms with E-state index in [0.717, 1.165) is 42.0 Å². The van der Waals surface area contributed by atoms with Crippen molar-refractivity contribution >= 4 is 29.1 Å². The molecule has 5 nitrogen and oxygen atoms in total. The molecular weight excluding hydrogens is 348 g/mol. The van der Waals surface area contributed by atoms with Gasteiger partial charge in [0.2, 0.25) is 5.95 Å². The maximum atomic E-state index is 12.9. The average molecular weight is 373 g/mol. The van der Waals surface area contributed by atoms with Crippen LogP contribution in [0.25, 0.3) is 0 Å². The summed E-state index contributed by atoms with van der Waals surface area (Å²) in [5, 5.41) is 3.81. The number of nitrogens with one attached hydrogen (secondary N) is 1. The molecule has 1 aliphatic rings. The molecule has 0 aliphatic carbocycles. The normalized spacial score (nSPS) is 17.3. The fourth-order valence-corrected chi connectivity index (χ4v) is 3.82. The van der Waals surface area contributed by atoms with Gasteiger partial charge < -0.3 is 10.2 Å². The van der Waals surface area contributed by atoms with Crippen LogP contribution in [-0.4, -0.2) is 33.9 Å². The van der Waals surface area contributed by atoms with Crippen LogP contribution in [-0.2, 0) is 0 Å². The molecule has 1 amide bonds. The number of hydrogen-bond acceptors (Lipinski definition) is 4. The third-order valence-electron chi connectivity index (χ3n) is 4.69. The predicted molar refractivity (Wildman–Crippen MR) is 105 cm³/mol. The van der Waals surface area contributed by atoms with Gasteiger partial charge in [-0.05, 0) is 62.8 Å². The molecule has 6 heteroatoms. The summed E-state index contributed by atoms with van der Waals surface area (Å²) in [5.74, 6) is 0.895. The smallest absolute Gasteiger partial charge is 0.272 e. The molecule has 0 bridgehead atoms. The summed E-state index contributed by atoms with van der Waals surface area (Å²) >= 11 is 6.37. The van der Waals surface area contributed by atoms with Crippen LogP contribution < -0.4 is 5.32 Å². The minimum Gasteiger partial charge on any atom is -0.337 e. The van der Waals surface area contributed by atoms with Crippen LogP contribution in [0.3, 0.4) is 0 Å². The first-order chi connectivity index (χ1) is 12.3. The third-order valence-corrected chi connectivity index (χ3v) is 4.98. The van der Waals surface area contributed by atoms with Crippen LogP contribution in [0.1, 0.15) is 47.1 Å². The number of aromatic nitrogens is 2. The van der Waals surface area contributed by atoms with Crippen molar-refractivity contribution in [2.45, 2.75) is 40.5 Å². The minimum absolute atomic E-state index is 0.0307. The second kappa shape index (κ2) is 7.62. The second-order valence-corrected chi connectivity index (χ2v) is 7.69. The number of nitrogens with zero attached hydrogens (tertiary/aromatic N) is 3. The molecule has 1 fully saturated rings. The van der Waals surface area contributed by atoms with Gasteiger partial charge in [-0.3, -0.25) is 4.79 Å². The summed E-state index contributed by atoms with van der Waals surface area (Å²) in [6.45, 7) is 9.61. The molecule has 1 atom stereocenters. The van der Waals surface area contributed by atoms with Crippen LogP contribution >= 0.6 is 11.6 Å². The number of halogens is 1. The third kappa shape index (κ3) is 4.15. The van der Waals surface area contributed by atoms with E-state index in [1.54, 1.807) is 6.07 Å². The SMILES string of the molecule is Cc1cc(C)c(Nc2nc(C)cc(C(=O)N3CCCC(C)C3)n2)c(Cl)c1. The molecule has 0 saturated carbocycles. The van der Waals surface area contributed by atoms with Crippen molar-refractivity contribution in [3.05, 3.63) is 45.7 Å². The maximum Gasteiger partial charge on any atom is 0.272 e. The molecular formula is C20H25ClN4O. The van der Waals surface area contributed by atoms with Gasteiger partial charge in [-0.1, -0.05) is 24.6 Å². The minimum atomic E-state index is -0.0307. The average Bonchev–Trinajstić information content (AvgIpc) is 2.57. The number of piperidine rings is 1. The lowest BCUT2D eigenvalue weighted by molar-refractivity contribution is 0.0677. The van der Waals surface area contributed by atoms with E-state index < -0.39 is 0 Å². The first-order valence-electron chi connectivity index (χ1n) is 9.02. The zero-order chi connectivity index (χ0) is 18.8. The highest BCUT2D eigenvalue weighted by Crippen LogP contribution is 2.29. The Bertz CT molecular complexity index is 814. The summed E-state index contributed by atoms with van der Waals surface area (Å²) in [6, 6.07) is 5.69. The Kier molecular flexibility index (Phi) is 5.47. The van der Waals surface area contributed by atoms with Gasteiger partial charge in [-0.25, -0.2) is 9.97 Å². The predicted octanol–water partition coefficient (Wildman–Crippen LogP) is 4.67. The van der Waals surface area contributed by atoms with E-state index in [0.29, 0.717) is 22.6 Å². The monoisotopic (exact) mass is 372 g/mol. The van der Waals surface area contributed by atoms with Crippen molar-refractivity contribution in [3.8, 4) is 0 Å². The van der Waals surface area contributed by atoms with E-state index in [1.165, 1.54) is 6.42 Å². The maximum absolute atomic E-state index is 12.9. The summed E-state index contributed by atoms with van der Waals surface area (Å²) in [5.41, 5.74) is 4.05. The van der Waals surface area contributed by atoms with E-state index in [4.69, 9.17) is 11.6 Å². The summed E-state index contributed by atoms with van der Waals surface area (Å²) in [4.78, 5) is 23.6. The molecule has 2 aromatic rings. The number of carbonyl (C=O) groups is 1. The van der Waals surface area contributed by atoms with Crippen molar-refractivity contribution in [2.75, 3.05) is 18.4 Å². The topological polar surface area (TPSA) is 58.1 Å². The first-order valence-corrected chi connectivity index (χ1v) is 9.40. The van der Waals surface area contributed by atoms with Crippen molar-refractivity contribution in [2.24, 2.45) is 5.92 Å². The van der Waals surface area contributed by atoms with Gasteiger partial charge >= 0.3 is 0 Å². The fraction of sp³-hybridized carbons (Fsp3) is 0.450. The lowest BCUT2D eigenvalue weighted by Crippen LogP contribution is -2.39. The van der Waals surface area contributed by atoms with E-state index in [1.807, 2.05) is 37.8 Å². The van der Waals surface area contributed by atoms with Crippen LogP contribution in [0.5, 0.6) is 0 Å².